The molecule has 3 saturated carbocycles. The number of hydrogen-bond acceptors (Lipinski definition) is 27. The Morgan fingerprint density at radius 3 is 1.49 bits per heavy atom. The van der Waals surface area contributed by atoms with Gasteiger partial charge in [-0.3, -0.25) is 43.2 Å². The van der Waals surface area contributed by atoms with Gasteiger partial charge in [-0.05, 0) is 109 Å². The zero-order valence-electron chi connectivity index (χ0n) is 55.6. The Hall–Kier alpha value is -5.81. The van der Waals surface area contributed by atoms with Crippen molar-refractivity contribution in [3.63, 3.8) is 0 Å². The number of aliphatic hydroxyl groups excluding tert-OH is 3. The summed E-state index contributed by atoms with van der Waals surface area (Å²) in [6, 6.07) is 0. The van der Waals surface area contributed by atoms with Crippen LogP contribution in [0.4, 0.5) is 0 Å². The Morgan fingerprint density at radius 2 is 0.989 bits per heavy atom. The highest BCUT2D eigenvalue weighted by Crippen LogP contribution is 2.76. The molecule has 516 valence electrons. The van der Waals surface area contributed by atoms with Crippen LogP contribution < -0.4 is 0 Å². The van der Waals surface area contributed by atoms with Gasteiger partial charge in [0, 0.05) is 61.3 Å². The van der Waals surface area contributed by atoms with Gasteiger partial charge in [0.1, 0.15) is 55.6 Å². The van der Waals surface area contributed by atoms with Crippen LogP contribution in [0.15, 0.2) is 23.0 Å². The first-order valence-electron chi connectivity index (χ1n) is 31.6. The molecule has 8 rings (SSSR count). The van der Waals surface area contributed by atoms with Gasteiger partial charge < -0.3 is 86.4 Å². The van der Waals surface area contributed by atoms with E-state index >= 15 is 0 Å². The number of methoxy groups -OCH3 is 1. The van der Waals surface area contributed by atoms with E-state index in [4.69, 9.17) is 71.1 Å². The average Bonchev–Trinajstić information content (AvgIpc) is 0.672. The number of esters is 9. The van der Waals surface area contributed by atoms with E-state index in [9.17, 15) is 58.5 Å². The van der Waals surface area contributed by atoms with Crippen molar-refractivity contribution in [1.29, 1.82) is 0 Å². The van der Waals surface area contributed by atoms with Crippen molar-refractivity contribution in [2.45, 2.75) is 260 Å². The van der Waals surface area contributed by atoms with E-state index in [0.717, 1.165) is 72.5 Å². The third-order valence-corrected chi connectivity index (χ3v) is 21.4. The van der Waals surface area contributed by atoms with Gasteiger partial charge in [-0.15, -0.1) is 0 Å². The molecule has 0 bridgehead atoms. The molecule has 3 aliphatic heterocycles. The molecule has 27 heteroatoms. The first-order valence-corrected chi connectivity index (χ1v) is 31.6. The van der Waals surface area contributed by atoms with Crippen LogP contribution in [-0.4, -0.2) is 194 Å². The first kappa shape index (κ1) is 72.0. The highest BCUT2D eigenvalue weighted by atomic mass is 16.8. The summed E-state index contributed by atoms with van der Waals surface area (Å²) in [5.74, 6) is -7.31. The fraction of sp³-hybridized carbons (Fsp3) is 0.800. The molecular formula is C65H94O27. The Morgan fingerprint density at radius 1 is 0.522 bits per heavy atom. The SMILES string of the molecule is COC(=O)[C@@]1(C)CC[C@]2(C)CC[C@]3(C)C(=C2C1)C=C(O[C@H]1O[C@H](COC(C)=O)[C@H](OC(C)=O)[C@H](OC(C)=O)[C@H]1OC(C)=O)[C@@H]1[C@@]2(C)CC[C@H](O[C@@H]4O[C@H](CO)[C@@H](O)[C@H](O)[C@H]4O[C@@H]4O[C@H](COC(C)=O)[C@H](OC(C)=O)[C@H](OC(C)=O)[C@H]4OC(C)=O)C(C)(C)[C@@H]2CC[C@]13C. The number of allylic oxidation sites excluding steroid dienone is 4. The second kappa shape index (κ2) is 27.5. The predicted octanol–water partition coefficient (Wildman–Crippen LogP) is 4.60. The Bertz CT molecular complexity index is 2900. The lowest BCUT2D eigenvalue weighted by Gasteiger charge is -2.70. The van der Waals surface area contributed by atoms with Gasteiger partial charge >= 0.3 is 53.7 Å². The van der Waals surface area contributed by atoms with E-state index in [1.807, 2.05) is 26.8 Å². The summed E-state index contributed by atoms with van der Waals surface area (Å²) >= 11 is 0. The molecule has 0 aromatic rings. The van der Waals surface area contributed by atoms with E-state index in [1.165, 1.54) is 14.0 Å². The molecule has 0 radical (unpaired) electrons. The minimum atomic E-state index is -1.91. The maximum Gasteiger partial charge on any atom is 0.311 e. The standard InChI is InChI=1S/C65H94O27/c1-30(67)79-28-42-48(81-32(3)69)51(83-34(5)71)53(85-36(7)73)57(89-42)87-40-25-38-39-26-62(12,59(77)78-16)22-21-61(39,11)23-24-64(38,14)65(15)20-17-44-60(9,10)45(18-19-63(44,13)55(40)65)91-56-50(47(76)46(75)41(27-66)88-56)92-58-54(86-37(8)74)52(84-35(6)72)49(82-33(4)70)43(90-58)29-80-31(2)68/h25,41-58,66,75-76H,17-24,26-29H2,1-16H3/t41-,42-,43-,44+,45+,46-,47+,48+,49+,50-,51+,52+,53-,54-,55-,56+,57+,58+,61-,62+,63+,64-,65-/m1/s1. The van der Waals surface area contributed by atoms with E-state index < -0.39 is 199 Å². The first-order chi connectivity index (χ1) is 42.9. The highest BCUT2D eigenvalue weighted by Gasteiger charge is 2.70. The number of ether oxygens (including phenoxy) is 15. The van der Waals surface area contributed by atoms with Crippen LogP contribution in [0, 0.1) is 44.3 Å². The molecule has 8 aliphatic rings. The number of carbonyl (C=O) groups is 9. The van der Waals surface area contributed by atoms with Crippen molar-refractivity contribution in [1.82, 2.24) is 0 Å². The van der Waals surface area contributed by atoms with Gasteiger partial charge in [-0.25, -0.2) is 0 Å². The number of carbonyl (C=O) groups excluding carboxylic acids is 9. The molecule has 0 amide bonds. The van der Waals surface area contributed by atoms with Gasteiger partial charge in [0.25, 0.3) is 0 Å². The van der Waals surface area contributed by atoms with E-state index in [2.05, 4.69) is 27.7 Å². The molecule has 0 spiro atoms. The molecule has 3 heterocycles. The van der Waals surface area contributed by atoms with Crippen molar-refractivity contribution in [3.05, 3.63) is 23.0 Å². The molecule has 3 N–H and O–H groups in total. The second-order valence-electron chi connectivity index (χ2n) is 28.1. The molecule has 0 unspecified atom stereocenters. The van der Waals surface area contributed by atoms with E-state index in [0.29, 0.717) is 44.3 Å². The lowest BCUT2D eigenvalue weighted by molar-refractivity contribution is -0.378. The van der Waals surface area contributed by atoms with Crippen LogP contribution in [0.2, 0.25) is 0 Å². The minimum Gasteiger partial charge on any atom is -0.469 e. The van der Waals surface area contributed by atoms with Crippen molar-refractivity contribution in [3.8, 4) is 0 Å². The number of hydrogen-bond donors (Lipinski definition) is 3. The van der Waals surface area contributed by atoms with Crippen molar-refractivity contribution in [2.75, 3.05) is 26.9 Å². The monoisotopic (exact) mass is 1310 g/mol. The minimum absolute atomic E-state index is 0.273. The molecule has 6 fully saturated rings. The van der Waals surface area contributed by atoms with Gasteiger partial charge in [-0.2, -0.15) is 0 Å². The molecule has 5 aliphatic carbocycles. The van der Waals surface area contributed by atoms with Crippen LogP contribution in [0.25, 0.3) is 0 Å². The Labute approximate surface area is 535 Å². The van der Waals surface area contributed by atoms with Crippen molar-refractivity contribution >= 4 is 53.7 Å². The highest BCUT2D eigenvalue weighted by molar-refractivity contribution is 5.77. The maximum atomic E-state index is 13.8. The third-order valence-electron chi connectivity index (χ3n) is 21.4. The van der Waals surface area contributed by atoms with Crippen molar-refractivity contribution in [2.24, 2.45) is 44.3 Å². The second-order valence-corrected chi connectivity index (χ2v) is 28.1. The smallest absolute Gasteiger partial charge is 0.311 e. The fourth-order valence-corrected chi connectivity index (χ4v) is 16.9. The molecule has 27 nitrogen and oxygen atoms in total. The van der Waals surface area contributed by atoms with Crippen LogP contribution in [0.3, 0.4) is 0 Å². The molecule has 92 heavy (non-hydrogen) atoms. The summed E-state index contributed by atoms with van der Waals surface area (Å²) < 4.78 is 90.9. The van der Waals surface area contributed by atoms with E-state index in [-0.39, 0.29) is 23.7 Å². The summed E-state index contributed by atoms with van der Waals surface area (Å²) in [7, 11) is 1.39. The average molecular weight is 1310 g/mol. The summed E-state index contributed by atoms with van der Waals surface area (Å²) in [5.41, 5.74) is -1.99. The summed E-state index contributed by atoms with van der Waals surface area (Å²) in [5, 5.41) is 34.2. The largest absolute Gasteiger partial charge is 0.469 e. The molecule has 3 saturated heterocycles. The number of aliphatic hydroxyl groups is 3. The Kier molecular flexibility index (Phi) is 21.5. The molecule has 0 aromatic carbocycles. The molecule has 23 atom stereocenters. The normalized spacial score (nSPS) is 41.2. The zero-order chi connectivity index (χ0) is 68.1. The van der Waals surface area contributed by atoms with Crippen LogP contribution in [-0.2, 0) is 114 Å². The number of rotatable bonds is 18. The number of fused-ring (bicyclic) bond motifs is 6. The summed E-state index contributed by atoms with van der Waals surface area (Å²) in [6.45, 7) is 22.0. The zero-order valence-corrected chi connectivity index (χ0v) is 55.6. The van der Waals surface area contributed by atoms with E-state index in [1.54, 1.807) is 0 Å². The van der Waals surface area contributed by atoms with Crippen LogP contribution in [0.1, 0.15) is 162 Å². The van der Waals surface area contributed by atoms with Gasteiger partial charge in [0.15, 0.2) is 43.1 Å². The van der Waals surface area contributed by atoms with Gasteiger partial charge in [-0.1, -0.05) is 47.1 Å². The molecular weight excluding hydrogens is 1210 g/mol. The summed E-state index contributed by atoms with van der Waals surface area (Å²) in [4.78, 5) is 116. The van der Waals surface area contributed by atoms with Crippen LogP contribution in [0.5, 0.6) is 0 Å². The fourth-order valence-electron chi connectivity index (χ4n) is 16.9. The Balaban J connectivity index is 1.23. The lowest BCUT2D eigenvalue weighted by atomic mass is 9.35. The quantitative estimate of drug-likeness (QED) is 0.0958. The van der Waals surface area contributed by atoms with Gasteiger partial charge in [0.05, 0.1) is 25.2 Å². The van der Waals surface area contributed by atoms with Crippen molar-refractivity contribution < 1.29 is 130 Å². The predicted molar refractivity (Wildman–Crippen MR) is 312 cm³/mol. The lowest BCUT2D eigenvalue weighted by Crippen LogP contribution is -2.67. The summed E-state index contributed by atoms with van der Waals surface area (Å²) in [6.07, 6.45) is -17.9. The molecule has 0 aromatic heterocycles. The van der Waals surface area contributed by atoms with Crippen LogP contribution >= 0.6 is 0 Å². The maximum absolute atomic E-state index is 13.8. The van der Waals surface area contributed by atoms with Gasteiger partial charge in [0.2, 0.25) is 12.4 Å². The third kappa shape index (κ3) is 14.0. The topological polar surface area (TPSA) is 353 Å².